The Morgan fingerprint density at radius 3 is 2.43 bits per heavy atom. The molecule has 0 N–H and O–H groups in total. The van der Waals surface area contributed by atoms with E-state index in [9.17, 15) is 18.0 Å². The number of rotatable bonds is 4. The van der Waals surface area contributed by atoms with E-state index in [0.717, 1.165) is 11.1 Å². The van der Waals surface area contributed by atoms with Gasteiger partial charge in [-0.3, -0.25) is 4.79 Å². The van der Waals surface area contributed by atoms with E-state index in [0.29, 0.717) is 38.3 Å². The first-order valence-corrected chi connectivity index (χ1v) is 11.3. The number of hydrogen-bond donors (Lipinski definition) is 0. The fourth-order valence-corrected chi connectivity index (χ4v) is 5.46. The summed E-state index contributed by atoms with van der Waals surface area (Å²) in [5.74, 6) is -0.324. The largest absolute Gasteiger partial charge is 0.422 e. The molecule has 2 aromatic carbocycles. The number of fused-ring (bicyclic) bond motifs is 1. The van der Waals surface area contributed by atoms with Crippen molar-refractivity contribution in [3.8, 4) is 5.75 Å². The molecule has 7 nitrogen and oxygen atoms in total. The lowest BCUT2D eigenvalue weighted by Crippen LogP contribution is -2.40. The molecule has 0 aromatic heterocycles. The van der Waals surface area contributed by atoms with Crippen LogP contribution in [0.25, 0.3) is 0 Å². The van der Waals surface area contributed by atoms with E-state index in [1.54, 1.807) is 6.07 Å². The summed E-state index contributed by atoms with van der Waals surface area (Å²) in [4.78, 5) is 25.2. The standard InChI is InChI=1S/C22H23NO6S/c1-14-3-8-19(21-18(24)13-15(2)20(14)21)29-22(25)16-4-6-17(7-5-16)30(26,27)23-9-11-28-12-10-23/h3-8,15H,9-13H2,1-2H3/t15-/m0/s1. The molecule has 0 amide bonds. The van der Waals surface area contributed by atoms with Gasteiger partial charge in [-0.1, -0.05) is 13.0 Å². The summed E-state index contributed by atoms with van der Waals surface area (Å²) >= 11 is 0. The number of hydrogen-bond acceptors (Lipinski definition) is 6. The Hall–Kier alpha value is -2.55. The highest BCUT2D eigenvalue weighted by Crippen LogP contribution is 2.40. The van der Waals surface area contributed by atoms with E-state index in [1.807, 2.05) is 19.9 Å². The lowest BCUT2D eigenvalue weighted by molar-refractivity contribution is 0.0730. The van der Waals surface area contributed by atoms with Gasteiger partial charge in [0.05, 0.1) is 29.2 Å². The molecule has 0 spiro atoms. The monoisotopic (exact) mass is 429 g/mol. The fraction of sp³-hybridized carbons (Fsp3) is 0.364. The lowest BCUT2D eigenvalue weighted by atomic mass is 9.97. The average molecular weight is 429 g/mol. The van der Waals surface area contributed by atoms with Crippen molar-refractivity contribution in [1.29, 1.82) is 0 Å². The number of sulfonamides is 1. The third kappa shape index (κ3) is 3.66. The SMILES string of the molecule is Cc1ccc(OC(=O)c2ccc(S(=O)(=O)N3CCOCC3)cc2)c2c1[C@@H](C)CC2=O. The topological polar surface area (TPSA) is 90.0 Å². The fourth-order valence-electron chi connectivity index (χ4n) is 4.05. The molecule has 1 aliphatic carbocycles. The maximum absolute atomic E-state index is 12.7. The second-order valence-electron chi connectivity index (χ2n) is 7.63. The second-order valence-corrected chi connectivity index (χ2v) is 9.57. The average Bonchev–Trinajstić information content (AvgIpc) is 3.06. The van der Waals surface area contributed by atoms with E-state index < -0.39 is 16.0 Å². The summed E-state index contributed by atoms with van der Waals surface area (Å²) in [6.45, 7) is 5.25. The first-order chi connectivity index (χ1) is 14.3. The zero-order valence-electron chi connectivity index (χ0n) is 16.9. The third-order valence-corrected chi connectivity index (χ3v) is 7.50. The minimum absolute atomic E-state index is 0.0315. The van der Waals surface area contributed by atoms with Crippen LogP contribution in [0.15, 0.2) is 41.3 Å². The molecule has 1 atom stereocenters. The normalized spacial score (nSPS) is 19.5. The zero-order chi connectivity index (χ0) is 21.5. The van der Waals surface area contributed by atoms with Crippen molar-refractivity contribution in [2.24, 2.45) is 0 Å². The molecule has 2 aromatic rings. The minimum Gasteiger partial charge on any atom is -0.422 e. The number of morpholine rings is 1. The van der Waals surface area contributed by atoms with Crippen molar-refractivity contribution in [1.82, 2.24) is 4.31 Å². The van der Waals surface area contributed by atoms with Gasteiger partial charge < -0.3 is 9.47 Å². The maximum Gasteiger partial charge on any atom is 0.343 e. The number of aryl methyl sites for hydroxylation is 1. The number of esters is 1. The van der Waals surface area contributed by atoms with Gasteiger partial charge in [0.2, 0.25) is 10.0 Å². The highest BCUT2D eigenvalue weighted by atomic mass is 32.2. The maximum atomic E-state index is 12.7. The Balaban J connectivity index is 1.55. The van der Waals surface area contributed by atoms with Crippen molar-refractivity contribution >= 4 is 21.8 Å². The number of Topliss-reactive ketones (excluding diaryl/α,β-unsaturated/α-hetero) is 1. The number of benzene rings is 2. The van der Waals surface area contributed by atoms with Crippen LogP contribution in [0, 0.1) is 6.92 Å². The van der Waals surface area contributed by atoms with Crippen LogP contribution in [0.2, 0.25) is 0 Å². The Morgan fingerprint density at radius 1 is 1.10 bits per heavy atom. The van der Waals surface area contributed by atoms with Gasteiger partial charge in [0.25, 0.3) is 0 Å². The molecule has 1 aliphatic heterocycles. The molecule has 0 radical (unpaired) electrons. The second kappa shape index (κ2) is 7.94. The molecule has 0 saturated carbocycles. The Morgan fingerprint density at radius 2 is 1.77 bits per heavy atom. The molecule has 0 unspecified atom stereocenters. The first-order valence-electron chi connectivity index (χ1n) is 9.86. The van der Waals surface area contributed by atoms with Gasteiger partial charge in [-0.15, -0.1) is 0 Å². The lowest BCUT2D eigenvalue weighted by Gasteiger charge is -2.26. The summed E-state index contributed by atoms with van der Waals surface area (Å²) in [5, 5.41) is 0. The van der Waals surface area contributed by atoms with E-state index in [1.165, 1.54) is 28.6 Å². The molecule has 8 heteroatoms. The van der Waals surface area contributed by atoms with Crippen LogP contribution >= 0.6 is 0 Å². The van der Waals surface area contributed by atoms with Gasteiger partial charge in [0.15, 0.2) is 5.78 Å². The van der Waals surface area contributed by atoms with Gasteiger partial charge in [-0.2, -0.15) is 4.31 Å². The predicted octanol–water partition coefficient (Wildman–Crippen LogP) is 2.93. The molecule has 1 fully saturated rings. The number of ketones is 1. The van der Waals surface area contributed by atoms with Crippen molar-refractivity contribution in [2.75, 3.05) is 26.3 Å². The van der Waals surface area contributed by atoms with Crippen LogP contribution in [0.1, 0.15) is 51.1 Å². The van der Waals surface area contributed by atoms with Crippen LogP contribution in [0.5, 0.6) is 5.75 Å². The molecular weight excluding hydrogens is 406 g/mol. The van der Waals surface area contributed by atoms with Crippen molar-refractivity contribution < 1.29 is 27.5 Å². The molecule has 2 aliphatic rings. The van der Waals surface area contributed by atoms with E-state index in [2.05, 4.69) is 0 Å². The summed E-state index contributed by atoms with van der Waals surface area (Å²) in [7, 11) is -3.63. The summed E-state index contributed by atoms with van der Waals surface area (Å²) in [5.41, 5.74) is 2.61. The van der Waals surface area contributed by atoms with E-state index >= 15 is 0 Å². The Bertz CT molecular complexity index is 1100. The Kier molecular flexibility index (Phi) is 5.48. The summed E-state index contributed by atoms with van der Waals surface area (Å²) in [6, 6.07) is 9.12. The smallest absolute Gasteiger partial charge is 0.343 e. The van der Waals surface area contributed by atoms with Crippen LogP contribution in [-0.2, 0) is 14.8 Å². The van der Waals surface area contributed by atoms with Crippen molar-refractivity contribution in [3.63, 3.8) is 0 Å². The van der Waals surface area contributed by atoms with Gasteiger partial charge in [0, 0.05) is 19.5 Å². The summed E-state index contributed by atoms with van der Waals surface area (Å²) < 4.78 is 37.5. The van der Waals surface area contributed by atoms with Crippen LogP contribution in [0.3, 0.4) is 0 Å². The predicted molar refractivity (Wildman–Crippen MR) is 110 cm³/mol. The third-order valence-electron chi connectivity index (χ3n) is 5.59. The van der Waals surface area contributed by atoms with Crippen LogP contribution < -0.4 is 4.74 Å². The quantitative estimate of drug-likeness (QED) is 0.548. The van der Waals surface area contributed by atoms with E-state index in [-0.39, 0.29) is 27.9 Å². The van der Waals surface area contributed by atoms with Crippen LogP contribution in [0.4, 0.5) is 0 Å². The first kappa shape index (κ1) is 20.7. The Labute approximate surface area is 175 Å². The zero-order valence-corrected chi connectivity index (χ0v) is 17.7. The molecule has 30 heavy (non-hydrogen) atoms. The molecule has 0 bridgehead atoms. The molecular formula is C22H23NO6S. The number of nitrogens with zero attached hydrogens (tertiary/aromatic N) is 1. The minimum atomic E-state index is -3.63. The molecule has 1 heterocycles. The highest BCUT2D eigenvalue weighted by Gasteiger charge is 2.32. The van der Waals surface area contributed by atoms with Gasteiger partial charge in [-0.25, -0.2) is 13.2 Å². The van der Waals surface area contributed by atoms with Gasteiger partial charge in [-0.05, 0) is 54.3 Å². The highest BCUT2D eigenvalue weighted by molar-refractivity contribution is 7.89. The van der Waals surface area contributed by atoms with Crippen molar-refractivity contribution in [2.45, 2.75) is 31.1 Å². The summed E-state index contributed by atoms with van der Waals surface area (Å²) in [6.07, 6.45) is 0.402. The van der Waals surface area contributed by atoms with Crippen molar-refractivity contribution in [3.05, 3.63) is 58.7 Å². The number of carbonyl (C=O) groups excluding carboxylic acids is 2. The molecule has 158 valence electrons. The number of ether oxygens (including phenoxy) is 2. The molecule has 1 saturated heterocycles. The number of carbonyl (C=O) groups is 2. The van der Waals surface area contributed by atoms with Crippen LogP contribution in [-0.4, -0.2) is 50.8 Å². The molecule has 4 rings (SSSR count). The van der Waals surface area contributed by atoms with E-state index in [4.69, 9.17) is 9.47 Å². The van der Waals surface area contributed by atoms with Gasteiger partial charge >= 0.3 is 5.97 Å². The van der Waals surface area contributed by atoms with Gasteiger partial charge in [0.1, 0.15) is 5.75 Å².